The molecule has 0 amide bonds. The monoisotopic (exact) mass is 606 g/mol. The van der Waals surface area contributed by atoms with Crippen LogP contribution in [0.25, 0.3) is 89.7 Å². The van der Waals surface area contributed by atoms with E-state index in [4.69, 9.17) is 41.5 Å². The second kappa shape index (κ2) is 10.3. The highest BCUT2D eigenvalue weighted by atomic mass is 35.5. The second-order valence-corrected chi connectivity index (χ2v) is 13.0. The lowest BCUT2D eigenvalue weighted by atomic mass is 10.1. The van der Waals surface area contributed by atoms with E-state index < -0.39 is 0 Å². The van der Waals surface area contributed by atoms with Gasteiger partial charge in [0.05, 0.1) is 0 Å². The van der Waals surface area contributed by atoms with E-state index >= 15 is 0 Å². The number of nitrogens with one attached hydrogen (secondary N) is 2. The number of benzene rings is 4. The molecule has 2 N–H and O–H groups in total. The minimum Gasteiger partial charge on any atom is -0.324 e. The van der Waals surface area contributed by atoms with Gasteiger partial charge < -0.3 is 9.97 Å². The molecular weight excluding hydrogens is 580 g/mol. The molecule has 0 atom stereocenters. The van der Waals surface area contributed by atoms with Crippen LogP contribution in [-0.4, -0.2) is 44.7 Å². The van der Waals surface area contributed by atoms with Gasteiger partial charge in [0.2, 0.25) is 0 Å². The van der Waals surface area contributed by atoms with E-state index in [1.807, 2.05) is 118 Å². The molecule has 9 heteroatoms. The highest BCUT2D eigenvalue weighted by molar-refractivity contribution is 6.23. The number of aromatic nitrogens is 8. The molecular formula is C36H27ClN8. The third-order valence-corrected chi connectivity index (χ3v) is 7.46. The number of nitrogens with zero attached hydrogens (tertiary/aromatic N) is 6. The number of alkyl halides is 1. The van der Waals surface area contributed by atoms with Gasteiger partial charge in [-0.3, -0.25) is 0 Å². The number of hydrogen-bond donors (Lipinski definition) is 2. The van der Waals surface area contributed by atoms with E-state index in [0.717, 1.165) is 43.8 Å². The number of fused-ring (bicyclic) bond motifs is 20. The molecule has 9 rings (SSSR count). The van der Waals surface area contributed by atoms with Gasteiger partial charge in [0.25, 0.3) is 0 Å². The van der Waals surface area contributed by atoms with Gasteiger partial charge in [-0.05, 0) is 20.8 Å². The highest BCUT2D eigenvalue weighted by Crippen LogP contribution is 2.36. The fourth-order valence-electron chi connectivity index (χ4n) is 5.59. The van der Waals surface area contributed by atoms with E-state index in [0.29, 0.717) is 45.9 Å². The highest BCUT2D eigenvalue weighted by Gasteiger charge is 2.21. The molecule has 3 aromatic heterocycles. The zero-order valence-corrected chi connectivity index (χ0v) is 25.6. The molecule has 0 unspecified atom stereocenters. The Morgan fingerprint density at radius 1 is 0.400 bits per heavy atom. The first-order chi connectivity index (χ1) is 21.8. The number of hydrogen-bond acceptors (Lipinski definition) is 6. The van der Waals surface area contributed by atoms with Crippen molar-refractivity contribution in [3.8, 4) is 45.6 Å². The second-order valence-electron chi connectivity index (χ2n) is 11.9. The van der Waals surface area contributed by atoms with Crippen LogP contribution in [0.2, 0.25) is 0 Å². The third-order valence-electron chi connectivity index (χ3n) is 7.46. The number of halogens is 1. The van der Waals surface area contributed by atoms with Crippen LogP contribution in [0.5, 0.6) is 0 Å². The molecule has 7 aromatic rings. The Labute approximate surface area is 263 Å². The number of rotatable bonds is 0. The Morgan fingerprint density at radius 3 is 0.867 bits per heavy atom. The van der Waals surface area contributed by atoms with Gasteiger partial charge in [-0.15, -0.1) is 11.6 Å². The topological polar surface area (TPSA) is 109 Å². The van der Waals surface area contributed by atoms with Gasteiger partial charge >= 0.3 is 0 Å². The maximum absolute atomic E-state index is 5.53. The summed E-state index contributed by atoms with van der Waals surface area (Å²) in [6.07, 6.45) is 0. The van der Waals surface area contributed by atoms with Crippen LogP contribution in [0.3, 0.4) is 0 Å². The molecule has 0 aliphatic carbocycles. The summed E-state index contributed by atoms with van der Waals surface area (Å²) in [6.45, 7) is 5.86. The van der Waals surface area contributed by atoms with E-state index in [9.17, 15) is 0 Å². The van der Waals surface area contributed by atoms with Crippen LogP contribution in [0, 0.1) is 0 Å². The zero-order valence-electron chi connectivity index (χ0n) is 24.8. The zero-order chi connectivity index (χ0) is 30.7. The van der Waals surface area contributed by atoms with Gasteiger partial charge in [-0.2, -0.15) is 0 Å². The lowest BCUT2D eigenvalue weighted by Crippen LogP contribution is -1.99. The van der Waals surface area contributed by atoms with Crippen molar-refractivity contribution < 1.29 is 0 Å². The maximum atomic E-state index is 5.53. The summed E-state index contributed by atoms with van der Waals surface area (Å²) in [5, 5.41) is 3.82. The fourth-order valence-corrected chi connectivity index (χ4v) is 5.59. The Hall–Kier alpha value is -5.47. The summed E-state index contributed by atoms with van der Waals surface area (Å²) in [5.41, 5.74) is 6.45. The summed E-state index contributed by atoms with van der Waals surface area (Å²) in [7, 11) is 0. The van der Waals surface area contributed by atoms with E-state index in [1.54, 1.807) is 0 Å². The summed E-state index contributed by atoms with van der Waals surface area (Å²) in [4.78, 5) is 36.7. The minimum atomic E-state index is -0.0278. The van der Waals surface area contributed by atoms with Crippen LogP contribution < -0.4 is 0 Å². The maximum Gasteiger partial charge on any atom is 0.164 e. The average molecular weight is 607 g/mol. The molecule has 2 aliphatic rings. The van der Waals surface area contributed by atoms with E-state index in [1.165, 1.54) is 0 Å². The predicted molar refractivity (Wildman–Crippen MR) is 182 cm³/mol. The molecule has 2 aliphatic heterocycles. The van der Waals surface area contributed by atoms with E-state index in [2.05, 4.69) is 9.97 Å². The Bertz CT molecular complexity index is 2130. The predicted octanol–water partition coefficient (Wildman–Crippen LogP) is 8.89. The number of aromatic amines is 2. The van der Waals surface area contributed by atoms with Crippen molar-refractivity contribution in [2.24, 2.45) is 0 Å². The van der Waals surface area contributed by atoms with Crippen molar-refractivity contribution in [1.29, 1.82) is 0 Å². The largest absolute Gasteiger partial charge is 0.324 e. The van der Waals surface area contributed by atoms with Gasteiger partial charge in [-0.25, -0.2) is 29.9 Å². The summed E-state index contributed by atoms with van der Waals surface area (Å²) in [5.74, 6) is 2.39. The molecule has 0 saturated heterocycles. The molecule has 8 nitrogen and oxygen atoms in total. The first-order valence-corrected chi connectivity index (χ1v) is 15.1. The SMILES string of the molecule is CC(C)(C)Cl.c1ccc2c(c1)-c1nc-2nc2[nH]c(nc3nc(nc4[nH]c(n1)c1ccccc41)-c1ccccc1-3)c1ccccc21. The lowest BCUT2D eigenvalue weighted by molar-refractivity contribution is 0.788. The van der Waals surface area contributed by atoms with Crippen molar-refractivity contribution in [2.75, 3.05) is 0 Å². The lowest BCUT2D eigenvalue weighted by Gasteiger charge is -2.01. The van der Waals surface area contributed by atoms with Crippen LogP contribution in [-0.2, 0) is 0 Å². The molecule has 4 aromatic carbocycles. The molecule has 0 saturated carbocycles. The normalized spacial score (nSPS) is 12.0. The smallest absolute Gasteiger partial charge is 0.164 e. The van der Waals surface area contributed by atoms with Crippen molar-refractivity contribution in [2.45, 2.75) is 25.6 Å². The molecule has 0 fully saturated rings. The van der Waals surface area contributed by atoms with Gasteiger partial charge in [0.1, 0.15) is 22.6 Å². The first kappa shape index (κ1) is 27.1. The standard InChI is InChI=1S/C32H18N8.C4H9Cl/c1-2-10-18-17(9-1)25-33-26(18)38-28-21-13-5-6-14-22(21)30(35-28)40-32-24-16-8-7-15-23(24)31(36-32)39-29-20-12-4-3-11-19(20)27(34-29)37-25;1-4(2,3)5/h1-16H,(H2,33,34,35,36,37,38,39,40);1-3H3. The van der Waals surface area contributed by atoms with Gasteiger partial charge in [-0.1, -0.05) is 97.1 Å². The van der Waals surface area contributed by atoms with Crippen LogP contribution in [0.15, 0.2) is 97.1 Å². The van der Waals surface area contributed by atoms with E-state index in [-0.39, 0.29) is 4.87 Å². The third kappa shape index (κ3) is 4.89. The number of H-pyrrole nitrogens is 2. The molecule has 45 heavy (non-hydrogen) atoms. The summed E-state index contributed by atoms with van der Waals surface area (Å²) >= 11 is 5.53. The summed E-state index contributed by atoms with van der Waals surface area (Å²) < 4.78 is 0. The van der Waals surface area contributed by atoms with Crippen LogP contribution in [0.4, 0.5) is 0 Å². The van der Waals surface area contributed by atoms with Crippen molar-refractivity contribution >= 4 is 55.7 Å². The van der Waals surface area contributed by atoms with Gasteiger partial charge in [0, 0.05) is 48.7 Å². The Kier molecular flexibility index (Phi) is 6.21. The van der Waals surface area contributed by atoms with Crippen molar-refractivity contribution in [1.82, 2.24) is 39.9 Å². The minimum absolute atomic E-state index is 0.0278. The Morgan fingerprint density at radius 2 is 0.622 bits per heavy atom. The van der Waals surface area contributed by atoms with Crippen LogP contribution in [0.1, 0.15) is 20.8 Å². The molecule has 5 heterocycles. The molecule has 0 radical (unpaired) electrons. The van der Waals surface area contributed by atoms with Crippen molar-refractivity contribution in [3.63, 3.8) is 0 Å². The molecule has 218 valence electrons. The molecule has 8 bridgehead atoms. The quantitative estimate of drug-likeness (QED) is 0.167. The fraction of sp³-hybridized carbons (Fsp3) is 0.111. The summed E-state index contributed by atoms with van der Waals surface area (Å²) in [6, 6.07) is 32.2. The molecule has 0 spiro atoms. The first-order valence-electron chi connectivity index (χ1n) is 14.7. The van der Waals surface area contributed by atoms with Gasteiger partial charge in [0.15, 0.2) is 23.3 Å². The van der Waals surface area contributed by atoms with Crippen molar-refractivity contribution in [3.05, 3.63) is 97.1 Å². The van der Waals surface area contributed by atoms with Crippen LogP contribution >= 0.6 is 11.6 Å². The average Bonchev–Trinajstić information content (AvgIpc) is 3.76. The Balaban J connectivity index is 0.000000560.